The first-order valence-electron chi connectivity index (χ1n) is 7.35. The highest BCUT2D eigenvalue weighted by molar-refractivity contribution is 6.31. The molecule has 0 aliphatic rings. The summed E-state index contributed by atoms with van der Waals surface area (Å²) in [5.41, 5.74) is 0. The molecule has 0 heterocycles. The Morgan fingerprint density at radius 1 is 1.18 bits per heavy atom. The van der Waals surface area contributed by atoms with Gasteiger partial charge in [0.05, 0.1) is 21.1 Å². The van der Waals surface area contributed by atoms with Crippen molar-refractivity contribution >= 4 is 17.7 Å². The van der Waals surface area contributed by atoms with Crippen molar-refractivity contribution in [3.05, 3.63) is 0 Å². The van der Waals surface area contributed by atoms with E-state index in [1.807, 2.05) is 21.1 Å². The number of ether oxygens (including phenoxy) is 1. The Kier molecular flexibility index (Phi) is 12.6. The van der Waals surface area contributed by atoms with Gasteiger partial charge in [-0.2, -0.15) is 0 Å². The quantitative estimate of drug-likeness (QED) is 0.347. The standard InChI is InChI=1S/C12H25NO3.C3H4O3/c1-5-6-7-8-16-11(9-12(14)15)10-13(2,3)4;1-2(4)3(5)6/h11H,5-10H2,1-4H3;1H3,(H,5,6). The van der Waals surface area contributed by atoms with Crippen molar-refractivity contribution in [2.45, 2.75) is 45.6 Å². The molecular formula is C15H29NO6. The summed E-state index contributed by atoms with van der Waals surface area (Å²) in [7, 11) is 6.08. The summed E-state index contributed by atoms with van der Waals surface area (Å²) in [6.45, 7) is 4.47. The summed E-state index contributed by atoms with van der Waals surface area (Å²) < 4.78 is 6.29. The molecule has 0 aliphatic carbocycles. The van der Waals surface area contributed by atoms with Crippen LogP contribution in [-0.2, 0) is 19.1 Å². The average Bonchev–Trinajstić information content (AvgIpc) is 2.32. The van der Waals surface area contributed by atoms with E-state index in [0.29, 0.717) is 17.6 Å². The van der Waals surface area contributed by atoms with Crippen molar-refractivity contribution < 1.29 is 33.8 Å². The second kappa shape index (κ2) is 12.1. The average molecular weight is 319 g/mol. The Balaban J connectivity index is 0. The largest absolute Gasteiger partial charge is 0.550 e. The number of ketones is 1. The van der Waals surface area contributed by atoms with Crippen molar-refractivity contribution in [3.63, 3.8) is 0 Å². The van der Waals surface area contributed by atoms with Gasteiger partial charge in [-0.25, -0.2) is 4.79 Å². The molecule has 0 bridgehead atoms. The molecule has 22 heavy (non-hydrogen) atoms. The van der Waals surface area contributed by atoms with E-state index < -0.39 is 17.7 Å². The molecule has 0 saturated heterocycles. The third kappa shape index (κ3) is 18.5. The number of Topliss-reactive ketones (excluding diaryl/α,β-unsaturated/α-hetero) is 1. The van der Waals surface area contributed by atoms with Crippen molar-refractivity contribution in [1.29, 1.82) is 0 Å². The summed E-state index contributed by atoms with van der Waals surface area (Å²) in [6, 6.07) is 0. The zero-order valence-electron chi connectivity index (χ0n) is 14.3. The molecular weight excluding hydrogens is 290 g/mol. The molecule has 1 unspecified atom stereocenters. The number of carboxylic acid groups (broad SMARTS) is 2. The molecule has 0 spiro atoms. The monoisotopic (exact) mass is 319 g/mol. The van der Waals surface area contributed by atoms with Crippen LogP contribution in [0.25, 0.3) is 0 Å². The number of hydrogen-bond acceptors (Lipinski definition) is 5. The van der Waals surface area contributed by atoms with Gasteiger partial charge in [0, 0.05) is 25.9 Å². The molecule has 0 aromatic rings. The van der Waals surface area contributed by atoms with Gasteiger partial charge >= 0.3 is 5.97 Å². The number of hydrogen-bond donors (Lipinski definition) is 1. The lowest BCUT2D eigenvalue weighted by molar-refractivity contribution is -0.873. The maximum absolute atomic E-state index is 10.6. The molecule has 0 saturated carbocycles. The van der Waals surface area contributed by atoms with Crippen LogP contribution in [0.5, 0.6) is 0 Å². The number of nitrogens with zero attached hydrogens (tertiary/aromatic N) is 1. The third-order valence-electron chi connectivity index (χ3n) is 2.55. The summed E-state index contributed by atoms with van der Waals surface area (Å²) in [6.07, 6.45) is 3.02. The number of unbranched alkanes of at least 4 members (excludes halogenated alkanes) is 2. The highest BCUT2D eigenvalue weighted by Crippen LogP contribution is 2.06. The topological polar surface area (TPSA) is 104 Å². The van der Waals surface area contributed by atoms with Crippen LogP contribution in [0.15, 0.2) is 0 Å². The number of aliphatic carboxylic acids is 2. The normalized spacial score (nSPS) is 12.0. The van der Waals surface area contributed by atoms with E-state index in [0.717, 1.165) is 26.2 Å². The molecule has 1 atom stereocenters. The molecule has 1 N–H and O–H groups in total. The number of carboxylic acids is 2. The highest BCUT2D eigenvalue weighted by atomic mass is 16.5. The van der Waals surface area contributed by atoms with Crippen molar-refractivity contribution in [2.24, 2.45) is 0 Å². The number of carbonyl (C=O) groups excluding carboxylic acids is 2. The summed E-state index contributed by atoms with van der Waals surface area (Å²) in [5.74, 6) is -3.24. The zero-order chi connectivity index (χ0) is 17.8. The van der Waals surface area contributed by atoms with Crippen molar-refractivity contribution in [3.8, 4) is 0 Å². The van der Waals surface area contributed by atoms with Crippen molar-refractivity contribution in [1.82, 2.24) is 0 Å². The van der Waals surface area contributed by atoms with Gasteiger partial charge in [0.1, 0.15) is 12.6 Å². The first-order valence-corrected chi connectivity index (χ1v) is 7.35. The van der Waals surface area contributed by atoms with Gasteiger partial charge in [0.25, 0.3) is 0 Å². The molecule has 0 rings (SSSR count). The summed E-state index contributed by atoms with van der Waals surface area (Å²) >= 11 is 0. The van der Waals surface area contributed by atoms with Gasteiger partial charge in [-0.3, -0.25) is 4.79 Å². The van der Waals surface area contributed by atoms with Crippen LogP contribution in [0.3, 0.4) is 0 Å². The van der Waals surface area contributed by atoms with Gasteiger partial charge in [0.2, 0.25) is 5.78 Å². The molecule has 0 radical (unpaired) electrons. The molecule has 7 nitrogen and oxygen atoms in total. The zero-order valence-corrected chi connectivity index (χ0v) is 14.3. The van der Waals surface area contributed by atoms with Crippen LogP contribution in [0, 0.1) is 0 Å². The fourth-order valence-corrected chi connectivity index (χ4v) is 1.58. The van der Waals surface area contributed by atoms with Gasteiger partial charge in [-0.05, 0) is 6.42 Å². The van der Waals surface area contributed by atoms with Gasteiger partial charge < -0.3 is 24.2 Å². The van der Waals surface area contributed by atoms with E-state index in [9.17, 15) is 19.5 Å². The molecule has 0 amide bonds. The second-order valence-electron chi connectivity index (χ2n) is 6.11. The molecule has 0 aromatic carbocycles. The van der Waals surface area contributed by atoms with Crippen LogP contribution < -0.4 is 5.11 Å². The van der Waals surface area contributed by atoms with Crippen LogP contribution in [-0.4, -0.2) is 67.7 Å². The minimum Gasteiger partial charge on any atom is -0.550 e. The van der Waals surface area contributed by atoms with E-state index in [2.05, 4.69) is 6.92 Å². The van der Waals surface area contributed by atoms with Gasteiger partial charge in [0.15, 0.2) is 0 Å². The lowest BCUT2D eigenvalue weighted by atomic mass is 10.2. The van der Waals surface area contributed by atoms with E-state index in [1.54, 1.807) is 0 Å². The summed E-state index contributed by atoms with van der Waals surface area (Å²) in [5, 5.41) is 18.2. The lowest BCUT2D eigenvalue weighted by Gasteiger charge is -2.29. The predicted octanol–water partition coefficient (Wildman–Crippen LogP) is 0.0680. The number of likely N-dealkylation sites (N-methyl/N-ethyl adjacent to an activating group) is 1. The van der Waals surface area contributed by atoms with Crippen LogP contribution in [0.2, 0.25) is 0 Å². The Morgan fingerprint density at radius 2 is 1.68 bits per heavy atom. The smallest absolute Gasteiger partial charge is 0.371 e. The SMILES string of the molecule is CC(=O)C(=O)O.CCCCCOC(CC(=O)[O-])C[N+](C)(C)C. The highest BCUT2D eigenvalue weighted by Gasteiger charge is 2.18. The van der Waals surface area contributed by atoms with Crippen molar-refractivity contribution in [2.75, 3.05) is 34.3 Å². The summed E-state index contributed by atoms with van der Waals surface area (Å²) in [4.78, 5) is 29.5. The molecule has 0 aromatic heterocycles. The van der Waals surface area contributed by atoms with Crippen LogP contribution in [0.4, 0.5) is 0 Å². The van der Waals surface area contributed by atoms with Crippen LogP contribution >= 0.6 is 0 Å². The number of carbonyl (C=O) groups is 3. The Labute approximate surface area is 132 Å². The Hall–Kier alpha value is -1.47. The van der Waals surface area contributed by atoms with E-state index in [-0.39, 0.29) is 12.5 Å². The van der Waals surface area contributed by atoms with Gasteiger partial charge in [-0.1, -0.05) is 19.8 Å². The Bertz CT molecular complexity index is 336. The molecule has 0 aliphatic heterocycles. The lowest BCUT2D eigenvalue weighted by Crippen LogP contribution is -2.44. The maximum atomic E-state index is 10.6. The maximum Gasteiger partial charge on any atom is 0.371 e. The fourth-order valence-electron chi connectivity index (χ4n) is 1.58. The number of rotatable bonds is 10. The molecule has 0 fully saturated rings. The Morgan fingerprint density at radius 3 is 2.00 bits per heavy atom. The first-order chi connectivity index (χ1) is 9.99. The first kappa shape index (κ1) is 22.8. The minimum atomic E-state index is -1.38. The van der Waals surface area contributed by atoms with Gasteiger partial charge in [-0.15, -0.1) is 0 Å². The predicted molar refractivity (Wildman–Crippen MR) is 80.1 cm³/mol. The minimum absolute atomic E-state index is 0.0123. The number of quaternary nitrogens is 1. The molecule has 130 valence electrons. The van der Waals surface area contributed by atoms with E-state index in [4.69, 9.17) is 9.84 Å². The third-order valence-corrected chi connectivity index (χ3v) is 2.55. The fraction of sp³-hybridized carbons (Fsp3) is 0.800. The molecule has 7 heteroatoms. The van der Waals surface area contributed by atoms with E-state index in [1.165, 1.54) is 0 Å². The van der Waals surface area contributed by atoms with Crippen LogP contribution in [0.1, 0.15) is 39.5 Å². The van der Waals surface area contributed by atoms with E-state index >= 15 is 0 Å². The second-order valence-corrected chi connectivity index (χ2v) is 6.11.